The molecule has 0 radical (unpaired) electrons. The number of nitrogens with zero attached hydrogens (tertiary/aromatic N) is 3. The van der Waals surface area contributed by atoms with Crippen molar-refractivity contribution in [3.05, 3.63) is 65.6 Å². The van der Waals surface area contributed by atoms with Crippen molar-refractivity contribution >= 4 is 0 Å². The molecule has 138 valence electrons. The van der Waals surface area contributed by atoms with Gasteiger partial charge >= 0.3 is 0 Å². The molecule has 1 aromatic carbocycles. The predicted octanol–water partition coefficient (Wildman–Crippen LogP) is 3.54. The van der Waals surface area contributed by atoms with Crippen molar-refractivity contribution < 1.29 is 13.9 Å². The molecule has 0 atom stereocenters. The molecule has 0 aliphatic rings. The van der Waals surface area contributed by atoms with Crippen LogP contribution in [-0.2, 0) is 26.7 Å². The Morgan fingerprint density at radius 1 is 1.12 bits per heavy atom. The molecule has 0 fully saturated rings. The molecule has 3 rings (SSSR count). The summed E-state index contributed by atoms with van der Waals surface area (Å²) in [5.74, 6) is 3.52. The average molecular weight is 355 g/mol. The molecule has 3 aromatic rings. The summed E-state index contributed by atoms with van der Waals surface area (Å²) in [6, 6.07) is 9.81. The van der Waals surface area contributed by atoms with E-state index < -0.39 is 0 Å². The van der Waals surface area contributed by atoms with Gasteiger partial charge in [-0.3, -0.25) is 4.90 Å². The number of hydrogen-bond acceptors (Lipinski definition) is 5. The van der Waals surface area contributed by atoms with Crippen LogP contribution in [-0.4, -0.2) is 28.7 Å². The standard InChI is InChI=1S/C20H25N3O3/c1-15-21-11-17(22(15)2)13-23(14-19-6-5-9-26-19)12-16-7-8-18(24-3)10-20(16)25-4/h5-11H,12-14H2,1-4H3. The van der Waals surface area contributed by atoms with Crippen molar-refractivity contribution in [2.24, 2.45) is 7.05 Å². The highest BCUT2D eigenvalue weighted by atomic mass is 16.5. The Labute approximate surface area is 154 Å². The first-order chi connectivity index (χ1) is 12.6. The van der Waals surface area contributed by atoms with E-state index in [9.17, 15) is 0 Å². The van der Waals surface area contributed by atoms with E-state index in [1.54, 1.807) is 20.5 Å². The Balaban J connectivity index is 1.84. The second-order valence-electron chi connectivity index (χ2n) is 6.26. The second-order valence-corrected chi connectivity index (χ2v) is 6.26. The molecule has 6 heteroatoms. The third-order valence-corrected chi connectivity index (χ3v) is 4.55. The third-order valence-electron chi connectivity index (χ3n) is 4.55. The minimum absolute atomic E-state index is 0.701. The smallest absolute Gasteiger partial charge is 0.127 e. The molecule has 26 heavy (non-hydrogen) atoms. The van der Waals surface area contributed by atoms with Gasteiger partial charge in [0.1, 0.15) is 23.1 Å². The maximum atomic E-state index is 5.55. The summed E-state index contributed by atoms with van der Waals surface area (Å²) in [4.78, 5) is 6.71. The van der Waals surface area contributed by atoms with E-state index in [1.807, 2.05) is 50.5 Å². The molecule has 6 nitrogen and oxygen atoms in total. The summed E-state index contributed by atoms with van der Waals surface area (Å²) >= 11 is 0. The average Bonchev–Trinajstić information content (AvgIpc) is 3.27. The molecule has 2 aromatic heterocycles. The van der Waals surface area contributed by atoms with E-state index in [1.165, 1.54) is 0 Å². The lowest BCUT2D eigenvalue weighted by Crippen LogP contribution is -2.23. The predicted molar refractivity (Wildman–Crippen MR) is 99.2 cm³/mol. The van der Waals surface area contributed by atoms with E-state index in [4.69, 9.17) is 13.9 Å². The van der Waals surface area contributed by atoms with Crippen LogP contribution in [0.5, 0.6) is 11.5 Å². The van der Waals surface area contributed by atoms with Crippen molar-refractivity contribution in [3.8, 4) is 11.5 Å². The minimum atomic E-state index is 0.701. The third kappa shape index (κ3) is 4.08. The number of ether oxygens (including phenoxy) is 2. The van der Waals surface area contributed by atoms with E-state index in [0.29, 0.717) is 6.54 Å². The van der Waals surface area contributed by atoms with Crippen molar-refractivity contribution in [3.63, 3.8) is 0 Å². The lowest BCUT2D eigenvalue weighted by Gasteiger charge is -2.23. The largest absolute Gasteiger partial charge is 0.497 e. The fourth-order valence-electron chi connectivity index (χ4n) is 2.94. The number of aromatic nitrogens is 2. The zero-order chi connectivity index (χ0) is 18.5. The van der Waals surface area contributed by atoms with Crippen molar-refractivity contribution in [1.29, 1.82) is 0 Å². The first-order valence-electron chi connectivity index (χ1n) is 8.53. The molecule has 0 aliphatic heterocycles. The number of methoxy groups -OCH3 is 2. The summed E-state index contributed by atoms with van der Waals surface area (Å²) in [6.45, 7) is 4.19. The Morgan fingerprint density at radius 3 is 2.58 bits per heavy atom. The van der Waals surface area contributed by atoms with Gasteiger partial charge in [0, 0.05) is 38.0 Å². The monoisotopic (exact) mass is 355 g/mol. The molecule has 0 spiro atoms. The molecule has 0 saturated heterocycles. The summed E-state index contributed by atoms with van der Waals surface area (Å²) in [6.07, 6.45) is 3.63. The van der Waals surface area contributed by atoms with Gasteiger partial charge in [-0.05, 0) is 25.1 Å². The highest BCUT2D eigenvalue weighted by Crippen LogP contribution is 2.27. The number of hydrogen-bond donors (Lipinski definition) is 0. The van der Waals surface area contributed by atoms with E-state index in [2.05, 4.69) is 14.5 Å². The van der Waals surface area contributed by atoms with Crippen LogP contribution in [0.1, 0.15) is 22.8 Å². The van der Waals surface area contributed by atoms with Crippen molar-refractivity contribution in [1.82, 2.24) is 14.5 Å². The summed E-state index contributed by atoms with van der Waals surface area (Å²) in [5, 5.41) is 0. The lowest BCUT2D eigenvalue weighted by atomic mass is 10.1. The topological polar surface area (TPSA) is 52.7 Å². The van der Waals surface area contributed by atoms with E-state index in [0.717, 1.165) is 47.4 Å². The first-order valence-corrected chi connectivity index (χ1v) is 8.53. The van der Waals surface area contributed by atoms with Crippen molar-refractivity contribution in [2.75, 3.05) is 14.2 Å². The fourth-order valence-corrected chi connectivity index (χ4v) is 2.94. The van der Waals surface area contributed by atoms with Gasteiger partial charge in [-0.2, -0.15) is 0 Å². The maximum Gasteiger partial charge on any atom is 0.127 e. The number of imidazole rings is 1. The van der Waals surface area contributed by atoms with Crippen LogP contribution in [0.2, 0.25) is 0 Å². The van der Waals surface area contributed by atoms with Crippen LogP contribution >= 0.6 is 0 Å². The lowest BCUT2D eigenvalue weighted by molar-refractivity contribution is 0.219. The number of benzene rings is 1. The molecule has 0 unspecified atom stereocenters. The highest BCUT2D eigenvalue weighted by molar-refractivity contribution is 5.40. The van der Waals surface area contributed by atoms with Gasteiger partial charge in [0.05, 0.1) is 32.7 Å². The van der Waals surface area contributed by atoms with Crippen LogP contribution in [0, 0.1) is 6.92 Å². The number of furan rings is 1. The van der Waals surface area contributed by atoms with Gasteiger partial charge in [0.2, 0.25) is 0 Å². The second kappa shape index (κ2) is 8.10. The Bertz CT molecular complexity index is 840. The summed E-state index contributed by atoms with van der Waals surface area (Å²) in [7, 11) is 5.37. The quantitative estimate of drug-likeness (QED) is 0.619. The molecular formula is C20H25N3O3. The van der Waals surface area contributed by atoms with Crippen LogP contribution in [0.15, 0.2) is 47.2 Å². The highest BCUT2D eigenvalue weighted by Gasteiger charge is 2.15. The zero-order valence-electron chi connectivity index (χ0n) is 15.7. The minimum Gasteiger partial charge on any atom is -0.497 e. The fraction of sp³-hybridized carbons (Fsp3) is 0.350. The van der Waals surface area contributed by atoms with E-state index in [-0.39, 0.29) is 0 Å². The van der Waals surface area contributed by atoms with Gasteiger partial charge < -0.3 is 18.5 Å². The molecule has 0 amide bonds. The molecule has 0 aliphatic carbocycles. The SMILES string of the molecule is COc1ccc(CN(Cc2ccco2)Cc2cnc(C)n2C)c(OC)c1. The van der Waals surface area contributed by atoms with Gasteiger partial charge in [0.15, 0.2) is 0 Å². The normalized spacial score (nSPS) is 11.1. The summed E-state index contributed by atoms with van der Waals surface area (Å²) in [5.41, 5.74) is 2.25. The van der Waals surface area contributed by atoms with Gasteiger partial charge in [-0.1, -0.05) is 6.07 Å². The molecular weight excluding hydrogens is 330 g/mol. The number of rotatable bonds is 8. The zero-order valence-corrected chi connectivity index (χ0v) is 15.7. The van der Waals surface area contributed by atoms with Crippen LogP contribution < -0.4 is 9.47 Å². The maximum absolute atomic E-state index is 5.55. The van der Waals surface area contributed by atoms with Gasteiger partial charge in [-0.25, -0.2) is 4.98 Å². The van der Waals surface area contributed by atoms with Crippen LogP contribution in [0.4, 0.5) is 0 Å². The number of aryl methyl sites for hydroxylation is 1. The Kier molecular flexibility index (Phi) is 5.63. The van der Waals surface area contributed by atoms with Gasteiger partial charge in [-0.15, -0.1) is 0 Å². The Hall–Kier alpha value is -2.73. The van der Waals surface area contributed by atoms with Gasteiger partial charge in [0.25, 0.3) is 0 Å². The first kappa shape index (κ1) is 18.1. The van der Waals surface area contributed by atoms with Crippen molar-refractivity contribution in [2.45, 2.75) is 26.6 Å². The molecule has 0 bridgehead atoms. The van der Waals surface area contributed by atoms with Crippen LogP contribution in [0.25, 0.3) is 0 Å². The van der Waals surface area contributed by atoms with E-state index >= 15 is 0 Å². The summed E-state index contributed by atoms with van der Waals surface area (Å²) < 4.78 is 18.5. The van der Waals surface area contributed by atoms with Crippen LogP contribution in [0.3, 0.4) is 0 Å². The molecule has 2 heterocycles. The Morgan fingerprint density at radius 2 is 1.96 bits per heavy atom. The molecule has 0 saturated carbocycles. The molecule has 0 N–H and O–H groups in total.